The maximum Gasteiger partial charge on any atom is 0.226 e. The molecule has 1 fully saturated rings. The number of hydrogen-bond acceptors (Lipinski definition) is 3. The van der Waals surface area contributed by atoms with Crippen LogP contribution in [0.25, 0.3) is 0 Å². The molecule has 1 saturated heterocycles. The topological polar surface area (TPSA) is 41.6 Å². The van der Waals surface area contributed by atoms with Gasteiger partial charge in [-0.05, 0) is 25.0 Å². The lowest BCUT2D eigenvalue weighted by atomic mass is 10.0. The summed E-state index contributed by atoms with van der Waals surface area (Å²) >= 11 is 0. The lowest BCUT2D eigenvalue weighted by Gasteiger charge is -2.28. The van der Waals surface area contributed by atoms with Crippen molar-refractivity contribution in [3.05, 3.63) is 34.9 Å². The zero-order valence-corrected chi connectivity index (χ0v) is 12.6. The SMILES string of the molecule is Cc1ccc(C)c(CC(=O)N(C)CC2CNCCO2)c1. The van der Waals surface area contributed by atoms with Gasteiger partial charge in [0, 0.05) is 26.7 Å². The summed E-state index contributed by atoms with van der Waals surface area (Å²) in [5, 5.41) is 3.28. The van der Waals surface area contributed by atoms with Crippen LogP contribution in [-0.2, 0) is 16.0 Å². The van der Waals surface area contributed by atoms with Gasteiger partial charge in [0.05, 0.1) is 19.1 Å². The predicted molar refractivity (Wildman–Crippen MR) is 79.9 cm³/mol. The van der Waals surface area contributed by atoms with Crippen molar-refractivity contribution in [3.63, 3.8) is 0 Å². The van der Waals surface area contributed by atoms with Crippen LogP contribution < -0.4 is 5.32 Å². The first-order valence-corrected chi connectivity index (χ1v) is 7.18. The minimum Gasteiger partial charge on any atom is -0.374 e. The van der Waals surface area contributed by atoms with Gasteiger partial charge in [-0.3, -0.25) is 4.79 Å². The van der Waals surface area contributed by atoms with Gasteiger partial charge in [-0.2, -0.15) is 0 Å². The van der Waals surface area contributed by atoms with Gasteiger partial charge in [0.25, 0.3) is 0 Å². The molecule has 1 aromatic carbocycles. The molecule has 1 aliphatic heterocycles. The van der Waals surface area contributed by atoms with Crippen molar-refractivity contribution in [1.82, 2.24) is 10.2 Å². The van der Waals surface area contributed by atoms with Gasteiger partial charge < -0.3 is 15.0 Å². The molecule has 1 aromatic rings. The molecule has 1 aliphatic rings. The normalized spacial score (nSPS) is 18.9. The van der Waals surface area contributed by atoms with Crippen molar-refractivity contribution in [3.8, 4) is 0 Å². The van der Waals surface area contributed by atoms with Gasteiger partial charge in [-0.25, -0.2) is 0 Å². The first-order valence-electron chi connectivity index (χ1n) is 7.18. The highest BCUT2D eigenvalue weighted by atomic mass is 16.5. The Kier molecular flexibility index (Phi) is 5.15. The third-order valence-corrected chi connectivity index (χ3v) is 3.75. The van der Waals surface area contributed by atoms with E-state index in [1.54, 1.807) is 4.90 Å². The standard InChI is InChI=1S/C16H24N2O2/c1-12-4-5-13(2)14(8-12)9-16(19)18(3)11-15-10-17-6-7-20-15/h4-5,8,15,17H,6-7,9-11H2,1-3H3. The molecule has 20 heavy (non-hydrogen) atoms. The molecular formula is C16H24N2O2. The maximum atomic E-state index is 12.3. The van der Waals surface area contributed by atoms with Gasteiger partial charge >= 0.3 is 0 Å². The number of ether oxygens (including phenoxy) is 1. The van der Waals surface area contributed by atoms with Crippen LogP contribution in [0.4, 0.5) is 0 Å². The molecule has 1 amide bonds. The number of rotatable bonds is 4. The molecule has 1 atom stereocenters. The van der Waals surface area contributed by atoms with Crippen molar-refractivity contribution >= 4 is 5.91 Å². The monoisotopic (exact) mass is 276 g/mol. The number of benzene rings is 1. The number of amides is 1. The third-order valence-electron chi connectivity index (χ3n) is 3.75. The number of likely N-dealkylation sites (N-methyl/N-ethyl adjacent to an activating group) is 1. The molecule has 1 unspecified atom stereocenters. The Labute approximate surface area is 121 Å². The van der Waals surface area contributed by atoms with Gasteiger partial charge in [-0.15, -0.1) is 0 Å². The molecular weight excluding hydrogens is 252 g/mol. The summed E-state index contributed by atoms with van der Waals surface area (Å²) in [6.45, 7) is 7.20. The van der Waals surface area contributed by atoms with Crippen LogP contribution in [0.2, 0.25) is 0 Å². The lowest BCUT2D eigenvalue weighted by molar-refractivity contribution is -0.131. The fourth-order valence-corrected chi connectivity index (χ4v) is 2.43. The van der Waals surface area contributed by atoms with Crippen LogP contribution in [0, 0.1) is 13.8 Å². The number of carbonyl (C=O) groups excluding carboxylic acids is 1. The van der Waals surface area contributed by atoms with Crippen molar-refractivity contribution in [2.24, 2.45) is 0 Å². The Balaban J connectivity index is 1.91. The fourth-order valence-electron chi connectivity index (χ4n) is 2.43. The highest BCUT2D eigenvalue weighted by Gasteiger charge is 2.19. The highest BCUT2D eigenvalue weighted by molar-refractivity contribution is 5.79. The minimum atomic E-state index is 0.108. The van der Waals surface area contributed by atoms with Gasteiger partial charge in [-0.1, -0.05) is 23.8 Å². The van der Waals surface area contributed by atoms with Crippen LogP contribution in [0.3, 0.4) is 0 Å². The van der Waals surface area contributed by atoms with Crippen LogP contribution in [0.15, 0.2) is 18.2 Å². The summed E-state index contributed by atoms with van der Waals surface area (Å²) in [7, 11) is 1.85. The Morgan fingerprint density at radius 1 is 1.45 bits per heavy atom. The molecule has 0 spiro atoms. The molecule has 0 aliphatic carbocycles. The van der Waals surface area contributed by atoms with Gasteiger partial charge in [0.15, 0.2) is 0 Å². The molecule has 0 radical (unpaired) electrons. The molecule has 0 aromatic heterocycles. The summed E-state index contributed by atoms with van der Waals surface area (Å²) < 4.78 is 5.64. The smallest absolute Gasteiger partial charge is 0.226 e. The van der Waals surface area contributed by atoms with Crippen LogP contribution in [0.5, 0.6) is 0 Å². The zero-order valence-electron chi connectivity index (χ0n) is 12.6. The van der Waals surface area contributed by atoms with E-state index in [0.29, 0.717) is 13.0 Å². The van der Waals surface area contributed by atoms with E-state index in [4.69, 9.17) is 4.74 Å². The zero-order chi connectivity index (χ0) is 14.5. The summed E-state index contributed by atoms with van der Waals surface area (Å²) in [5.41, 5.74) is 3.48. The van der Waals surface area contributed by atoms with E-state index in [1.807, 2.05) is 7.05 Å². The molecule has 0 saturated carbocycles. The van der Waals surface area contributed by atoms with E-state index >= 15 is 0 Å². The molecule has 2 rings (SSSR count). The summed E-state index contributed by atoms with van der Waals surface area (Å²) in [4.78, 5) is 14.1. The first kappa shape index (κ1) is 15.0. The van der Waals surface area contributed by atoms with Gasteiger partial charge in [0.2, 0.25) is 5.91 Å². The van der Waals surface area contributed by atoms with E-state index < -0.39 is 0 Å². The number of morpholine rings is 1. The molecule has 110 valence electrons. The van der Waals surface area contributed by atoms with E-state index in [1.165, 1.54) is 11.1 Å². The Hall–Kier alpha value is -1.39. The second-order valence-electron chi connectivity index (χ2n) is 5.58. The Bertz CT molecular complexity index is 468. The second kappa shape index (κ2) is 6.86. The quantitative estimate of drug-likeness (QED) is 0.901. The first-order chi connectivity index (χ1) is 9.56. The van der Waals surface area contributed by atoms with Crippen LogP contribution >= 0.6 is 0 Å². The van der Waals surface area contributed by atoms with Gasteiger partial charge in [0.1, 0.15) is 0 Å². The number of aryl methyl sites for hydroxylation is 2. The number of nitrogens with zero attached hydrogens (tertiary/aromatic N) is 1. The minimum absolute atomic E-state index is 0.108. The van der Waals surface area contributed by atoms with E-state index in [-0.39, 0.29) is 12.0 Å². The molecule has 4 heteroatoms. The average Bonchev–Trinajstić information content (AvgIpc) is 2.44. The van der Waals surface area contributed by atoms with Crippen molar-refractivity contribution < 1.29 is 9.53 Å². The molecule has 0 bridgehead atoms. The predicted octanol–water partition coefficient (Wildman–Crippen LogP) is 1.29. The Morgan fingerprint density at radius 3 is 2.95 bits per heavy atom. The lowest BCUT2D eigenvalue weighted by Crippen LogP contribution is -2.46. The summed E-state index contributed by atoms with van der Waals surface area (Å²) in [6, 6.07) is 6.25. The molecule has 1 N–H and O–H groups in total. The maximum absolute atomic E-state index is 12.3. The van der Waals surface area contributed by atoms with Crippen molar-refractivity contribution in [2.75, 3.05) is 33.3 Å². The van der Waals surface area contributed by atoms with E-state index in [0.717, 1.165) is 25.3 Å². The molecule has 4 nitrogen and oxygen atoms in total. The van der Waals surface area contributed by atoms with E-state index in [9.17, 15) is 4.79 Å². The highest BCUT2D eigenvalue weighted by Crippen LogP contribution is 2.12. The van der Waals surface area contributed by atoms with Crippen LogP contribution in [-0.4, -0.2) is 50.2 Å². The second-order valence-corrected chi connectivity index (χ2v) is 5.58. The Morgan fingerprint density at radius 2 is 2.25 bits per heavy atom. The summed E-state index contributed by atoms with van der Waals surface area (Å²) in [5.74, 6) is 0.146. The largest absolute Gasteiger partial charge is 0.374 e. The molecule has 1 heterocycles. The third kappa shape index (κ3) is 4.05. The number of nitrogens with one attached hydrogen (secondary N) is 1. The number of hydrogen-bond donors (Lipinski definition) is 1. The fraction of sp³-hybridized carbons (Fsp3) is 0.562. The van der Waals surface area contributed by atoms with Crippen LogP contribution in [0.1, 0.15) is 16.7 Å². The average molecular weight is 276 g/mol. The summed E-state index contributed by atoms with van der Waals surface area (Å²) in [6.07, 6.45) is 0.570. The van der Waals surface area contributed by atoms with Crippen molar-refractivity contribution in [1.29, 1.82) is 0 Å². The van der Waals surface area contributed by atoms with E-state index in [2.05, 4.69) is 37.4 Å². The van der Waals surface area contributed by atoms with Crippen molar-refractivity contribution in [2.45, 2.75) is 26.4 Å². The number of carbonyl (C=O) groups is 1.